The molecule has 0 radical (unpaired) electrons. The van der Waals surface area contributed by atoms with Crippen LogP contribution in [0.15, 0.2) is 23.2 Å². The Morgan fingerprint density at radius 1 is 1.00 bits per heavy atom. The highest BCUT2D eigenvalue weighted by Gasteiger charge is 2.73. The third-order valence-corrected chi connectivity index (χ3v) is 2.54. The first kappa shape index (κ1) is 16.2. The van der Waals surface area contributed by atoms with Gasteiger partial charge in [-0.1, -0.05) is 12.1 Å². The highest BCUT2D eigenvalue weighted by molar-refractivity contribution is 5.55. The SMILES string of the molecule is Cc1cc(C(F)(C(F)(F)F)C(F)(F)F)ccc1N=C=O. The number of isocyanates is 1. The number of aliphatic imine (C=N–C) groups is 1. The predicted molar refractivity (Wildman–Crippen MR) is 53.9 cm³/mol. The average molecular weight is 301 g/mol. The van der Waals surface area contributed by atoms with E-state index < -0.39 is 23.6 Å². The third kappa shape index (κ3) is 2.53. The molecule has 0 atom stereocenters. The van der Waals surface area contributed by atoms with Crippen LogP contribution in [-0.4, -0.2) is 18.4 Å². The van der Waals surface area contributed by atoms with Gasteiger partial charge in [-0.3, -0.25) is 0 Å². The Morgan fingerprint density at radius 3 is 1.85 bits per heavy atom. The van der Waals surface area contributed by atoms with E-state index in [1.165, 1.54) is 0 Å². The Balaban J connectivity index is 3.53. The van der Waals surface area contributed by atoms with Gasteiger partial charge in [-0.15, -0.1) is 0 Å². The van der Waals surface area contributed by atoms with Gasteiger partial charge in [0.2, 0.25) is 6.08 Å². The van der Waals surface area contributed by atoms with Gasteiger partial charge in [0.05, 0.1) is 5.69 Å². The van der Waals surface area contributed by atoms with Crippen molar-refractivity contribution in [2.75, 3.05) is 0 Å². The fourth-order valence-electron chi connectivity index (χ4n) is 1.53. The molecule has 0 fully saturated rings. The third-order valence-electron chi connectivity index (χ3n) is 2.54. The second-order valence-corrected chi connectivity index (χ2v) is 3.86. The largest absolute Gasteiger partial charge is 0.435 e. The molecular formula is C11H6F7NO. The van der Waals surface area contributed by atoms with Gasteiger partial charge in [0, 0.05) is 5.56 Å². The number of aryl methyl sites for hydroxylation is 1. The van der Waals surface area contributed by atoms with Crippen LogP contribution in [0.5, 0.6) is 0 Å². The van der Waals surface area contributed by atoms with E-state index in [-0.39, 0.29) is 17.3 Å². The van der Waals surface area contributed by atoms with Crippen molar-refractivity contribution in [2.45, 2.75) is 24.9 Å². The zero-order chi connectivity index (χ0) is 15.8. The molecule has 0 unspecified atom stereocenters. The normalized spacial score (nSPS) is 13.0. The van der Waals surface area contributed by atoms with Gasteiger partial charge in [0.15, 0.2) is 0 Å². The van der Waals surface area contributed by atoms with E-state index in [2.05, 4.69) is 4.99 Å². The van der Waals surface area contributed by atoms with Gasteiger partial charge >= 0.3 is 18.0 Å². The standard InChI is InChI=1S/C11H6F7NO/c1-6-4-7(2-3-8(6)19-5-20)9(12,10(13,14)15)11(16,17)18/h2-4H,1H3. The minimum Gasteiger partial charge on any atom is -0.218 e. The zero-order valence-corrected chi connectivity index (χ0v) is 9.73. The summed E-state index contributed by atoms with van der Waals surface area (Å²) in [6.07, 6.45) is -11.3. The van der Waals surface area contributed by atoms with Crippen LogP contribution >= 0.6 is 0 Å². The van der Waals surface area contributed by atoms with Crippen LogP contribution in [-0.2, 0) is 10.5 Å². The van der Waals surface area contributed by atoms with Crippen molar-refractivity contribution >= 4 is 11.8 Å². The molecule has 0 bridgehead atoms. The number of carbonyl (C=O) groups excluding carboxylic acids is 1. The van der Waals surface area contributed by atoms with E-state index in [0.29, 0.717) is 12.1 Å². The van der Waals surface area contributed by atoms with E-state index >= 15 is 0 Å². The number of hydrogen-bond donors (Lipinski definition) is 0. The first-order valence-corrected chi connectivity index (χ1v) is 4.96. The molecule has 0 aromatic heterocycles. The van der Waals surface area contributed by atoms with Gasteiger partial charge in [0.1, 0.15) is 0 Å². The predicted octanol–water partition coefficient (Wildman–Crippen LogP) is 4.25. The maximum atomic E-state index is 13.7. The Hall–Kier alpha value is -1.89. The number of rotatable bonds is 2. The highest BCUT2D eigenvalue weighted by atomic mass is 19.4. The molecular weight excluding hydrogens is 295 g/mol. The maximum Gasteiger partial charge on any atom is 0.435 e. The number of nitrogens with zero attached hydrogens (tertiary/aromatic N) is 1. The Bertz CT molecular complexity index is 541. The van der Waals surface area contributed by atoms with Crippen molar-refractivity contribution in [3.05, 3.63) is 29.3 Å². The lowest BCUT2D eigenvalue weighted by Gasteiger charge is -2.30. The van der Waals surface area contributed by atoms with Crippen LogP contribution in [0.1, 0.15) is 11.1 Å². The summed E-state index contributed by atoms with van der Waals surface area (Å²) in [5.41, 5.74) is -7.54. The van der Waals surface area contributed by atoms with Gasteiger partial charge in [-0.2, -0.15) is 31.3 Å². The molecule has 1 aromatic rings. The second-order valence-electron chi connectivity index (χ2n) is 3.86. The van der Waals surface area contributed by atoms with E-state index in [1.807, 2.05) is 0 Å². The summed E-state index contributed by atoms with van der Waals surface area (Å²) < 4.78 is 88.6. The lowest BCUT2D eigenvalue weighted by atomic mass is 9.92. The lowest BCUT2D eigenvalue weighted by molar-refractivity contribution is -0.348. The first-order valence-electron chi connectivity index (χ1n) is 4.96. The van der Waals surface area contributed by atoms with Crippen LogP contribution in [0.3, 0.4) is 0 Å². The second kappa shape index (κ2) is 4.90. The molecule has 0 saturated heterocycles. The molecule has 0 aliphatic rings. The molecule has 0 aliphatic carbocycles. The Labute approximate surface area is 107 Å². The van der Waals surface area contributed by atoms with Crippen LogP contribution in [0, 0.1) is 6.92 Å². The fourth-order valence-corrected chi connectivity index (χ4v) is 1.53. The Morgan fingerprint density at radius 2 is 1.50 bits per heavy atom. The number of alkyl halides is 7. The summed E-state index contributed by atoms with van der Waals surface area (Å²) in [5.74, 6) is 0. The summed E-state index contributed by atoms with van der Waals surface area (Å²) in [5, 5.41) is 0. The Kier molecular flexibility index (Phi) is 3.96. The van der Waals surface area contributed by atoms with E-state index in [4.69, 9.17) is 0 Å². The zero-order valence-electron chi connectivity index (χ0n) is 9.73. The number of hydrogen-bond acceptors (Lipinski definition) is 2. The van der Waals surface area contributed by atoms with Crippen LogP contribution in [0.2, 0.25) is 0 Å². The number of benzene rings is 1. The fraction of sp³-hybridized carbons (Fsp3) is 0.364. The summed E-state index contributed by atoms with van der Waals surface area (Å²) in [6.45, 7) is 1.09. The van der Waals surface area contributed by atoms with Gasteiger partial charge in [-0.05, 0) is 18.6 Å². The van der Waals surface area contributed by atoms with Gasteiger partial charge in [-0.25, -0.2) is 9.18 Å². The molecule has 9 heteroatoms. The van der Waals surface area contributed by atoms with Crippen molar-refractivity contribution in [2.24, 2.45) is 4.99 Å². The van der Waals surface area contributed by atoms with Crippen molar-refractivity contribution in [3.63, 3.8) is 0 Å². The number of halogens is 7. The van der Waals surface area contributed by atoms with E-state index in [0.717, 1.165) is 13.0 Å². The summed E-state index contributed by atoms with van der Waals surface area (Å²) in [7, 11) is 0. The maximum absolute atomic E-state index is 13.7. The summed E-state index contributed by atoms with van der Waals surface area (Å²) in [4.78, 5) is 13.1. The summed E-state index contributed by atoms with van der Waals surface area (Å²) in [6, 6.07) is 1.31. The molecule has 0 heterocycles. The van der Waals surface area contributed by atoms with Gasteiger partial charge < -0.3 is 0 Å². The topological polar surface area (TPSA) is 29.4 Å². The van der Waals surface area contributed by atoms with Crippen molar-refractivity contribution in [3.8, 4) is 0 Å². The molecule has 0 aliphatic heterocycles. The molecule has 0 saturated carbocycles. The van der Waals surface area contributed by atoms with Crippen molar-refractivity contribution in [1.29, 1.82) is 0 Å². The molecule has 110 valence electrons. The van der Waals surface area contributed by atoms with Crippen molar-refractivity contribution in [1.82, 2.24) is 0 Å². The minimum atomic E-state index is -6.17. The summed E-state index contributed by atoms with van der Waals surface area (Å²) >= 11 is 0. The molecule has 0 amide bonds. The molecule has 1 aromatic carbocycles. The highest BCUT2D eigenvalue weighted by Crippen LogP contribution is 2.53. The van der Waals surface area contributed by atoms with Crippen LogP contribution in [0.4, 0.5) is 36.4 Å². The van der Waals surface area contributed by atoms with Crippen LogP contribution < -0.4 is 0 Å². The molecule has 2 nitrogen and oxygen atoms in total. The average Bonchev–Trinajstić information content (AvgIpc) is 2.28. The smallest absolute Gasteiger partial charge is 0.218 e. The quantitative estimate of drug-likeness (QED) is 0.456. The molecule has 20 heavy (non-hydrogen) atoms. The molecule has 0 spiro atoms. The minimum absolute atomic E-state index is 0.199. The monoisotopic (exact) mass is 301 g/mol. The van der Waals surface area contributed by atoms with Crippen LogP contribution in [0.25, 0.3) is 0 Å². The van der Waals surface area contributed by atoms with Crippen molar-refractivity contribution < 1.29 is 35.5 Å². The first-order chi connectivity index (χ1) is 8.95. The van der Waals surface area contributed by atoms with E-state index in [1.54, 1.807) is 0 Å². The molecule has 1 rings (SSSR count). The molecule has 0 N–H and O–H groups in total. The lowest BCUT2D eigenvalue weighted by Crippen LogP contribution is -2.50. The van der Waals surface area contributed by atoms with E-state index in [9.17, 15) is 35.5 Å². The van der Waals surface area contributed by atoms with Gasteiger partial charge in [0.25, 0.3) is 0 Å².